The first-order valence-corrected chi connectivity index (χ1v) is 8.23. The number of morpholine rings is 1. The van der Waals surface area contributed by atoms with Crippen molar-refractivity contribution in [2.24, 2.45) is 0 Å². The minimum absolute atomic E-state index is 0.0677. The number of ether oxygens (including phenoxy) is 1. The largest absolute Gasteiger partial charge is 0.372 e. The van der Waals surface area contributed by atoms with Gasteiger partial charge in [0.15, 0.2) is 0 Å². The Kier molecular flexibility index (Phi) is 4.07. The zero-order chi connectivity index (χ0) is 14.2. The average molecular weight is 339 g/mol. The van der Waals surface area contributed by atoms with Gasteiger partial charge in [-0.15, -0.1) is 0 Å². The van der Waals surface area contributed by atoms with Crippen molar-refractivity contribution in [3.8, 4) is 0 Å². The van der Waals surface area contributed by atoms with E-state index >= 15 is 0 Å². The lowest BCUT2D eigenvalue weighted by Gasteiger charge is -2.40. The van der Waals surface area contributed by atoms with Crippen LogP contribution in [0.1, 0.15) is 32.3 Å². The number of halogens is 1. The quantitative estimate of drug-likeness (QED) is 0.911. The number of benzene rings is 1. The van der Waals surface area contributed by atoms with Gasteiger partial charge in [0.25, 0.3) is 0 Å². The van der Waals surface area contributed by atoms with Crippen LogP contribution in [0.2, 0.25) is 0 Å². The van der Waals surface area contributed by atoms with Gasteiger partial charge in [-0.2, -0.15) is 0 Å². The van der Waals surface area contributed by atoms with Gasteiger partial charge in [-0.1, -0.05) is 22.0 Å². The molecule has 110 valence electrons. The lowest BCUT2D eigenvalue weighted by molar-refractivity contribution is -0.0277. The molecule has 1 N–H and O–H groups in total. The maximum absolute atomic E-state index is 5.83. The average Bonchev–Trinajstić information content (AvgIpc) is 3.20. The summed E-state index contributed by atoms with van der Waals surface area (Å²) in [5.74, 6) is 0. The highest BCUT2D eigenvalue weighted by Crippen LogP contribution is 2.30. The number of rotatable bonds is 4. The number of nitrogens with one attached hydrogen (secondary N) is 1. The second kappa shape index (κ2) is 5.66. The van der Waals surface area contributed by atoms with Gasteiger partial charge in [-0.3, -0.25) is 0 Å². The van der Waals surface area contributed by atoms with Crippen LogP contribution in [0.4, 0.5) is 5.69 Å². The van der Waals surface area contributed by atoms with Gasteiger partial charge >= 0.3 is 0 Å². The standard InChI is InChI=1S/C16H23BrN2O/c1-16(2)11-19(7-8-20-16)15-9-13(17)4-3-12(15)10-18-14-5-6-14/h3-4,9,14,18H,5-8,10-11H2,1-2H3. The maximum Gasteiger partial charge on any atom is 0.0801 e. The normalized spacial score (nSPS) is 22.1. The van der Waals surface area contributed by atoms with Crippen LogP contribution in [-0.4, -0.2) is 31.3 Å². The van der Waals surface area contributed by atoms with Gasteiger partial charge in [-0.05, 0) is 44.4 Å². The molecule has 3 rings (SSSR count). The first-order valence-electron chi connectivity index (χ1n) is 7.44. The predicted molar refractivity (Wildman–Crippen MR) is 86.2 cm³/mol. The van der Waals surface area contributed by atoms with E-state index in [2.05, 4.69) is 58.2 Å². The molecule has 1 aromatic rings. The number of hydrogen-bond donors (Lipinski definition) is 1. The van der Waals surface area contributed by atoms with Crippen molar-refractivity contribution in [3.05, 3.63) is 28.2 Å². The fourth-order valence-corrected chi connectivity index (χ4v) is 3.09. The molecular weight excluding hydrogens is 316 g/mol. The van der Waals surface area contributed by atoms with Gasteiger partial charge in [0.05, 0.1) is 12.2 Å². The molecule has 1 aliphatic carbocycles. The molecule has 0 bridgehead atoms. The predicted octanol–water partition coefficient (Wildman–Crippen LogP) is 3.32. The summed E-state index contributed by atoms with van der Waals surface area (Å²) in [6.07, 6.45) is 2.66. The molecular formula is C16H23BrN2O. The van der Waals surface area contributed by atoms with Gasteiger partial charge in [0.1, 0.15) is 0 Å². The van der Waals surface area contributed by atoms with Gasteiger partial charge in [0.2, 0.25) is 0 Å². The Morgan fingerprint density at radius 2 is 2.20 bits per heavy atom. The van der Waals surface area contributed by atoms with E-state index in [1.165, 1.54) is 24.1 Å². The van der Waals surface area contributed by atoms with Crippen LogP contribution in [-0.2, 0) is 11.3 Å². The highest BCUT2D eigenvalue weighted by molar-refractivity contribution is 9.10. The van der Waals surface area contributed by atoms with Crippen LogP contribution in [0.15, 0.2) is 22.7 Å². The van der Waals surface area contributed by atoms with Crippen LogP contribution in [0.25, 0.3) is 0 Å². The Balaban J connectivity index is 1.80. The van der Waals surface area contributed by atoms with E-state index in [1.807, 2.05) is 0 Å². The fourth-order valence-electron chi connectivity index (χ4n) is 2.74. The van der Waals surface area contributed by atoms with Crippen molar-refractivity contribution in [2.45, 2.75) is 44.9 Å². The van der Waals surface area contributed by atoms with Crippen molar-refractivity contribution >= 4 is 21.6 Å². The molecule has 0 atom stereocenters. The van der Waals surface area contributed by atoms with Crippen LogP contribution in [0.5, 0.6) is 0 Å². The molecule has 1 saturated carbocycles. The molecule has 20 heavy (non-hydrogen) atoms. The first kappa shape index (κ1) is 14.4. The summed E-state index contributed by atoms with van der Waals surface area (Å²) in [6.45, 7) is 8.01. The van der Waals surface area contributed by atoms with Crippen molar-refractivity contribution in [3.63, 3.8) is 0 Å². The Labute approximate surface area is 129 Å². The summed E-state index contributed by atoms with van der Waals surface area (Å²) in [7, 11) is 0. The fraction of sp³-hybridized carbons (Fsp3) is 0.625. The van der Waals surface area contributed by atoms with Crippen molar-refractivity contribution in [2.75, 3.05) is 24.6 Å². The molecule has 0 aromatic heterocycles. The Morgan fingerprint density at radius 1 is 1.40 bits per heavy atom. The minimum Gasteiger partial charge on any atom is -0.372 e. The van der Waals surface area contributed by atoms with Gasteiger partial charge in [0, 0.05) is 35.8 Å². The first-order chi connectivity index (χ1) is 9.53. The Bertz CT molecular complexity index is 485. The molecule has 1 aromatic carbocycles. The second-order valence-electron chi connectivity index (χ2n) is 6.46. The highest BCUT2D eigenvalue weighted by atomic mass is 79.9. The van der Waals surface area contributed by atoms with Crippen LogP contribution >= 0.6 is 15.9 Å². The van der Waals surface area contributed by atoms with Crippen molar-refractivity contribution in [1.29, 1.82) is 0 Å². The van der Waals surface area contributed by atoms with E-state index in [9.17, 15) is 0 Å². The van der Waals surface area contributed by atoms with Crippen LogP contribution in [0, 0.1) is 0 Å². The Hall–Kier alpha value is -0.580. The second-order valence-corrected chi connectivity index (χ2v) is 7.37. The molecule has 1 saturated heterocycles. The number of anilines is 1. The molecule has 0 spiro atoms. The third-order valence-corrected chi connectivity index (χ3v) is 4.47. The SMILES string of the molecule is CC1(C)CN(c2cc(Br)ccc2CNC2CC2)CCO1. The zero-order valence-corrected chi connectivity index (χ0v) is 13.9. The van der Waals surface area contributed by atoms with E-state index in [0.29, 0.717) is 0 Å². The summed E-state index contributed by atoms with van der Waals surface area (Å²) >= 11 is 3.61. The highest BCUT2D eigenvalue weighted by Gasteiger charge is 2.28. The monoisotopic (exact) mass is 338 g/mol. The molecule has 2 aliphatic rings. The summed E-state index contributed by atoms with van der Waals surface area (Å²) in [4.78, 5) is 2.46. The van der Waals surface area contributed by atoms with Crippen LogP contribution in [0.3, 0.4) is 0 Å². The third-order valence-electron chi connectivity index (χ3n) is 3.97. The smallest absolute Gasteiger partial charge is 0.0801 e. The summed E-state index contributed by atoms with van der Waals surface area (Å²) in [6, 6.07) is 7.36. The molecule has 2 fully saturated rings. The van der Waals surface area contributed by atoms with E-state index < -0.39 is 0 Å². The molecule has 0 amide bonds. The summed E-state index contributed by atoms with van der Waals surface area (Å²) in [5.41, 5.74) is 2.66. The van der Waals surface area contributed by atoms with Gasteiger partial charge in [-0.25, -0.2) is 0 Å². The van der Waals surface area contributed by atoms with Crippen LogP contribution < -0.4 is 10.2 Å². The molecule has 3 nitrogen and oxygen atoms in total. The molecule has 1 heterocycles. The van der Waals surface area contributed by atoms with E-state index in [-0.39, 0.29) is 5.60 Å². The van der Waals surface area contributed by atoms with Crippen molar-refractivity contribution in [1.82, 2.24) is 5.32 Å². The van der Waals surface area contributed by atoms with E-state index in [1.54, 1.807) is 0 Å². The lowest BCUT2D eigenvalue weighted by Crippen LogP contribution is -2.48. The molecule has 0 radical (unpaired) electrons. The van der Waals surface area contributed by atoms with Gasteiger partial charge < -0.3 is 15.0 Å². The maximum atomic E-state index is 5.83. The van der Waals surface area contributed by atoms with Crippen molar-refractivity contribution < 1.29 is 4.74 Å². The zero-order valence-electron chi connectivity index (χ0n) is 12.3. The lowest BCUT2D eigenvalue weighted by atomic mass is 10.0. The Morgan fingerprint density at radius 3 is 2.90 bits per heavy atom. The van der Waals surface area contributed by atoms with E-state index in [0.717, 1.165) is 36.8 Å². The number of hydrogen-bond acceptors (Lipinski definition) is 3. The molecule has 4 heteroatoms. The number of nitrogens with zero attached hydrogens (tertiary/aromatic N) is 1. The minimum atomic E-state index is -0.0677. The molecule has 0 unspecified atom stereocenters. The molecule has 1 aliphatic heterocycles. The topological polar surface area (TPSA) is 24.5 Å². The summed E-state index contributed by atoms with van der Waals surface area (Å²) < 4.78 is 6.97. The summed E-state index contributed by atoms with van der Waals surface area (Å²) in [5, 5.41) is 3.62. The third kappa shape index (κ3) is 3.54. The van der Waals surface area contributed by atoms with E-state index in [4.69, 9.17) is 4.74 Å².